The molecule has 0 aromatic rings. The van der Waals surface area contributed by atoms with Crippen molar-refractivity contribution < 1.29 is 14.4 Å². The van der Waals surface area contributed by atoms with Gasteiger partial charge in [0.1, 0.15) is 5.54 Å². The van der Waals surface area contributed by atoms with E-state index < -0.39 is 11.1 Å². The molecule has 0 aromatic carbocycles. The van der Waals surface area contributed by atoms with Gasteiger partial charge in [-0.05, 0) is 25.7 Å². The van der Waals surface area contributed by atoms with Gasteiger partial charge in [-0.15, -0.1) is 12.4 Å². The number of carbonyl (C=O) groups is 3. The van der Waals surface area contributed by atoms with Crippen LogP contribution in [-0.4, -0.2) is 46.9 Å². The zero-order valence-electron chi connectivity index (χ0n) is 14.7. The van der Waals surface area contributed by atoms with Gasteiger partial charge < -0.3 is 16.4 Å². The second kappa shape index (κ2) is 7.70. The van der Waals surface area contributed by atoms with Gasteiger partial charge in [-0.2, -0.15) is 0 Å². The monoisotopic (exact) mass is 360 g/mol. The van der Waals surface area contributed by atoms with Gasteiger partial charge in [-0.1, -0.05) is 26.7 Å². The summed E-state index contributed by atoms with van der Waals surface area (Å²) in [5.41, 5.74) is 4.56. The third-order valence-corrected chi connectivity index (χ3v) is 5.39. The summed E-state index contributed by atoms with van der Waals surface area (Å²) >= 11 is 0. The van der Waals surface area contributed by atoms with Crippen molar-refractivity contribution in [1.82, 2.24) is 15.5 Å². The maximum Gasteiger partial charge on any atom is 0.325 e. The van der Waals surface area contributed by atoms with Gasteiger partial charge in [0, 0.05) is 19.5 Å². The molecular weight excluding hydrogens is 332 g/mol. The molecule has 2 aliphatic rings. The van der Waals surface area contributed by atoms with Crippen LogP contribution in [-0.2, 0) is 9.59 Å². The third kappa shape index (κ3) is 3.83. The molecule has 1 aliphatic carbocycles. The number of hydrogen-bond donors (Lipinski definition) is 3. The van der Waals surface area contributed by atoms with Crippen molar-refractivity contribution >= 4 is 30.3 Å². The molecule has 1 saturated heterocycles. The van der Waals surface area contributed by atoms with E-state index in [1.165, 1.54) is 4.90 Å². The molecule has 2 fully saturated rings. The fourth-order valence-electron chi connectivity index (χ4n) is 3.22. The summed E-state index contributed by atoms with van der Waals surface area (Å²) in [6.45, 7) is 6.33. The van der Waals surface area contributed by atoms with Crippen molar-refractivity contribution in [3.63, 3.8) is 0 Å². The zero-order chi connectivity index (χ0) is 17.3. The standard InChI is InChI=1S/C16H28N4O3.ClH/c1-11(2)15(3,10-17)18-12(21)6-9-20-13(22)16(19-14(20)23)7-4-5-8-16;/h11H,4-10,17H2,1-3H3,(H,18,21)(H,19,23);1H. The average molecular weight is 361 g/mol. The van der Waals surface area contributed by atoms with Gasteiger partial charge in [-0.3, -0.25) is 14.5 Å². The van der Waals surface area contributed by atoms with E-state index in [0.29, 0.717) is 19.4 Å². The molecular formula is C16H29ClN4O3. The van der Waals surface area contributed by atoms with Gasteiger partial charge in [-0.25, -0.2) is 4.79 Å². The Hall–Kier alpha value is -1.34. The average Bonchev–Trinajstić information content (AvgIpc) is 3.04. The van der Waals surface area contributed by atoms with Crippen molar-refractivity contribution in [2.75, 3.05) is 13.1 Å². The Kier molecular flexibility index (Phi) is 6.64. The Labute approximate surface area is 149 Å². The lowest BCUT2D eigenvalue weighted by molar-refractivity contribution is -0.131. The predicted octanol–water partition coefficient (Wildman–Crippen LogP) is 1.15. The fraction of sp³-hybridized carbons (Fsp3) is 0.812. The fourth-order valence-corrected chi connectivity index (χ4v) is 3.22. The van der Waals surface area contributed by atoms with E-state index in [2.05, 4.69) is 10.6 Å². The van der Waals surface area contributed by atoms with Gasteiger partial charge in [0.25, 0.3) is 5.91 Å². The SMILES string of the molecule is CC(C)C(C)(CN)NC(=O)CCN1C(=O)NC2(CCCC2)C1=O.Cl. The molecule has 4 N–H and O–H groups in total. The molecule has 0 bridgehead atoms. The van der Waals surface area contributed by atoms with Crippen LogP contribution in [0.3, 0.4) is 0 Å². The highest BCUT2D eigenvalue weighted by molar-refractivity contribution is 6.07. The lowest BCUT2D eigenvalue weighted by atomic mass is 9.88. The van der Waals surface area contributed by atoms with E-state index in [1.807, 2.05) is 20.8 Å². The summed E-state index contributed by atoms with van der Waals surface area (Å²) in [4.78, 5) is 37.9. The molecule has 7 nitrogen and oxygen atoms in total. The second-order valence-electron chi connectivity index (χ2n) is 7.25. The van der Waals surface area contributed by atoms with Crippen molar-refractivity contribution in [2.45, 2.75) is 64.0 Å². The molecule has 1 atom stereocenters. The Balaban J connectivity index is 0.00000288. The molecule has 1 saturated carbocycles. The first kappa shape index (κ1) is 20.7. The van der Waals surface area contributed by atoms with Crippen LogP contribution in [0.15, 0.2) is 0 Å². The number of amides is 4. The van der Waals surface area contributed by atoms with Gasteiger partial charge in [0.15, 0.2) is 0 Å². The Morgan fingerprint density at radius 2 is 1.96 bits per heavy atom. The Morgan fingerprint density at radius 3 is 2.46 bits per heavy atom. The molecule has 8 heteroatoms. The van der Waals surface area contributed by atoms with Crippen molar-refractivity contribution in [3.05, 3.63) is 0 Å². The lowest BCUT2D eigenvalue weighted by Crippen LogP contribution is -2.55. The number of nitrogens with zero attached hydrogens (tertiary/aromatic N) is 1. The van der Waals surface area contributed by atoms with Crippen molar-refractivity contribution in [2.24, 2.45) is 11.7 Å². The lowest BCUT2D eigenvalue weighted by Gasteiger charge is -2.33. The minimum Gasteiger partial charge on any atom is -0.349 e. The summed E-state index contributed by atoms with van der Waals surface area (Å²) in [6, 6.07) is -0.379. The van der Waals surface area contributed by atoms with Crippen LogP contribution in [0, 0.1) is 5.92 Å². The number of urea groups is 1. The number of nitrogens with one attached hydrogen (secondary N) is 2. The van der Waals surface area contributed by atoms with Crippen LogP contribution < -0.4 is 16.4 Å². The maximum atomic E-state index is 12.5. The van der Waals surface area contributed by atoms with Gasteiger partial charge in [0.05, 0.1) is 5.54 Å². The van der Waals surface area contributed by atoms with Gasteiger partial charge in [0.2, 0.25) is 5.91 Å². The highest BCUT2D eigenvalue weighted by Gasteiger charge is 2.52. The number of rotatable bonds is 6. The van der Waals surface area contributed by atoms with Crippen LogP contribution in [0.2, 0.25) is 0 Å². The molecule has 1 heterocycles. The normalized spacial score (nSPS) is 21.6. The van der Waals surface area contributed by atoms with Gasteiger partial charge >= 0.3 is 6.03 Å². The largest absolute Gasteiger partial charge is 0.349 e. The first-order valence-electron chi connectivity index (χ1n) is 8.39. The number of imide groups is 1. The predicted molar refractivity (Wildman–Crippen MR) is 93.7 cm³/mol. The van der Waals surface area contributed by atoms with Crippen molar-refractivity contribution in [3.8, 4) is 0 Å². The minimum absolute atomic E-state index is 0. The van der Waals surface area contributed by atoms with Crippen LogP contribution in [0.5, 0.6) is 0 Å². The second-order valence-corrected chi connectivity index (χ2v) is 7.25. The highest BCUT2D eigenvalue weighted by atomic mass is 35.5. The molecule has 1 aliphatic heterocycles. The molecule has 0 aromatic heterocycles. The van der Waals surface area contributed by atoms with E-state index in [9.17, 15) is 14.4 Å². The molecule has 2 rings (SSSR count). The first-order chi connectivity index (χ1) is 10.7. The third-order valence-electron chi connectivity index (χ3n) is 5.39. The van der Waals surface area contributed by atoms with Crippen LogP contribution in [0.1, 0.15) is 52.9 Å². The molecule has 0 radical (unpaired) electrons. The summed E-state index contributed by atoms with van der Waals surface area (Å²) in [6.07, 6.45) is 3.38. The highest BCUT2D eigenvalue weighted by Crippen LogP contribution is 2.35. The summed E-state index contributed by atoms with van der Waals surface area (Å²) < 4.78 is 0. The smallest absolute Gasteiger partial charge is 0.325 e. The van der Waals surface area contributed by atoms with E-state index in [0.717, 1.165) is 12.8 Å². The number of halogens is 1. The number of nitrogens with two attached hydrogens (primary N) is 1. The maximum absolute atomic E-state index is 12.5. The summed E-state index contributed by atoms with van der Waals surface area (Å²) in [5.74, 6) is -0.187. The number of hydrogen-bond acceptors (Lipinski definition) is 4. The van der Waals surface area contributed by atoms with E-state index in [4.69, 9.17) is 5.73 Å². The minimum atomic E-state index is -0.711. The number of carbonyl (C=O) groups excluding carboxylic acids is 3. The van der Waals surface area contributed by atoms with Crippen LogP contribution in [0.25, 0.3) is 0 Å². The van der Waals surface area contributed by atoms with Crippen molar-refractivity contribution in [1.29, 1.82) is 0 Å². The topological polar surface area (TPSA) is 105 Å². The zero-order valence-corrected chi connectivity index (χ0v) is 15.5. The van der Waals surface area contributed by atoms with Crippen LogP contribution >= 0.6 is 12.4 Å². The molecule has 24 heavy (non-hydrogen) atoms. The molecule has 1 unspecified atom stereocenters. The molecule has 138 valence electrons. The first-order valence-corrected chi connectivity index (χ1v) is 8.39. The molecule has 1 spiro atoms. The van der Waals surface area contributed by atoms with Crippen LogP contribution in [0.4, 0.5) is 4.79 Å². The summed E-state index contributed by atoms with van der Waals surface area (Å²) in [7, 11) is 0. The van der Waals surface area contributed by atoms with E-state index in [-0.39, 0.29) is 49.1 Å². The Bertz CT molecular complexity index is 506. The quantitative estimate of drug-likeness (QED) is 0.618. The molecule has 4 amide bonds. The van der Waals surface area contributed by atoms with E-state index >= 15 is 0 Å². The summed E-state index contributed by atoms with van der Waals surface area (Å²) in [5, 5.41) is 5.74. The Morgan fingerprint density at radius 1 is 1.38 bits per heavy atom. The van der Waals surface area contributed by atoms with E-state index in [1.54, 1.807) is 0 Å².